The maximum Gasteiger partial charge on any atom is 0.279 e. The number of aryl methyl sites for hydroxylation is 1. The summed E-state index contributed by atoms with van der Waals surface area (Å²) in [6.45, 7) is 5.62. The third-order valence-electron chi connectivity index (χ3n) is 4.23. The Morgan fingerprint density at radius 2 is 1.95 bits per heavy atom. The molecule has 1 unspecified atom stereocenters. The molecule has 0 aliphatic carbocycles. The fourth-order valence-corrected chi connectivity index (χ4v) is 4.23. The van der Waals surface area contributed by atoms with Crippen LogP contribution in [-0.4, -0.2) is 32.4 Å². The highest BCUT2D eigenvalue weighted by atomic mass is 32.2. The molecular formula is C15H25N3O2S. The summed E-state index contributed by atoms with van der Waals surface area (Å²) in [5, 5.41) is 0. The van der Waals surface area contributed by atoms with E-state index in [4.69, 9.17) is 5.73 Å². The summed E-state index contributed by atoms with van der Waals surface area (Å²) in [5.74, 6) is 0.449. The van der Waals surface area contributed by atoms with E-state index < -0.39 is 10.2 Å². The van der Waals surface area contributed by atoms with Crippen molar-refractivity contribution < 1.29 is 8.42 Å². The van der Waals surface area contributed by atoms with Crippen molar-refractivity contribution >= 4 is 10.2 Å². The Morgan fingerprint density at radius 3 is 2.52 bits per heavy atom. The third-order valence-corrected chi connectivity index (χ3v) is 5.92. The molecule has 1 fully saturated rings. The minimum absolute atomic E-state index is 0.233. The largest absolute Gasteiger partial charge is 0.330 e. The van der Waals surface area contributed by atoms with Gasteiger partial charge in [-0.2, -0.15) is 17.4 Å². The van der Waals surface area contributed by atoms with Gasteiger partial charge in [0.1, 0.15) is 0 Å². The Balaban J connectivity index is 2.03. The zero-order valence-electron chi connectivity index (χ0n) is 12.7. The van der Waals surface area contributed by atoms with E-state index in [1.54, 1.807) is 0 Å². The van der Waals surface area contributed by atoms with Crippen LogP contribution < -0.4 is 10.5 Å². The second-order valence-electron chi connectivity index (χ2n) is 5.78. The van der Waals surface area contributed by atoms with Gasteiger partial charge in [0.15, 0.2) is 0 Å². The van der Waals surface area contributed by atoms with E-state index in [2.05, 4.69) is 4.72 Å². The SMILES string of the molecule is Cc1ccccc1C(C)NS(=O)(=O)N1CCC(CN)CC1. The van der Waals surface area contributed by atoms with E-state index in [1.165, 1.54) is 4.31 Å². The zero-order chi connectivity index (χ0) is 15.5. The molecule has 1 atom stereocenters. The lowest BCUT2D eigenvalue weighted by atomic mass is 9.99. The Labute approximate surface area is 127 Å². The number of hydrogen-bond acceptors (Lipinski definition) is 3. The van der Waals surface area contributed by atoms with E-state index in [0.717, 1.165) is 24.0 Å². The van der Waals surface area contributed by atoms with Crippen LogP contribution in [0.3, 0.4) is 0 Å². The van der Waals surface area contributed by atoms with Crippen LogP contribution >= 0.6 is 0 Å². The molecule has 1 aromatic rings. The number of nitrogens with one attached hydrogen (secondary N) is 1. The van der Waals surface area contributed by atoms with Gasteiger partial charge in [0.25, 0.3) is 10.2 Å². The van der Waals surface area contributed by atoms with Crippen LogP contribution in [0.4, 0.5) is 0 Å². The summed E-state index contributed by atoms with van der Waals surface area (Å²) < 4.78 is 29.2. The number of rotatable bonds is 5. The minimum Gasteiger partial charge on any atom is -0.330 e. The molecular weight excluding hydrogens is 286 g/mol. The lowest BCUT2D eigenvalue weighted by molar-refractivity contribution is 0.274. The Bertz CT molecular complexity index is 566. The summed E-state index contributed by atoms with van der Waals surface area (Å²) in [5.41, 5.74) is 7.75. The van der Waals surface area contributed by atoms with Gasteiger partial charge in [0, 0.05) is 19.1 Å². The van der Waals surface area contributed by atoms with Gasteiger partial charge in [-0.05, 0) is 50.3 Å². The fraction of sp³-hybridized carbons (Fsp3) is 0.600. The topological polar surface area (TPSA) is 75.4 Å². The summed E-state index contributed by atoms with van der Waals surface area (Å²) >= 11 is 0. The second kappa shape index (κ2) is 6.87. The van der Waals surface area contributed by atoms with Gasteiger partial charge in [-0.1, -0.05) is 24.3 Å². The Hall–Kier alpha value is -0.950. The summed E-state index contributed by atoms with van der Waals surface area (Å²) in [6, 6.07) is 7.61. The van der Waals surface area contributed by atoms with Crippen LogP contribution in [0, 0.1) is 12.8 Å². The predicted molar refractivity (Wildman–Crippen MR) is 85.0 cm³/mol. The van der Waals surface area contributed by atoms with Gasteiger partial charge in [-0.25, -0.2) is 0 Å². The normalized spacial score (nSPS) is 19.6. The monoisotopic (exact) mass is 311 g/mol. The first-order valence-electron chi connectivity index (χ1n) is 7.47. The van der Waals surface area contributed by atoms with Gasteiger partial charge in [0.05, 0.1) is 0 Å². The van der Waals surface area contributed by atoms with Gasteiger partial charge in [-0.15, -0.1) is 0 Å². The van der Waals surface area contributed by atoms with E-state index in [9.17, 15) is 8.42 Å². The molecule has 118 valence electrons. The zero-order valence-corrected chi connectivity index (χ0v) is 13.6. The smallest absolute Gasteiger partial charge is 0.279 e. The molecule has 0 aromatic heterocycles. The molecule has 0 radical (unpaired) electrons. The average molecular weight is 311 g/mol. The standard InChI is InChI=1S/C15H25N3O2S/c1-12-5-3-4-6-15(12)13(2)17-21(19,20)18-9-7-14(11-16)8-10-18/h3-6,13-14,17H,7-11,16H2,1-2H3. The molecule has 6 heteroatoms. The molecule has 1 heterocycles. The van der Waals surface area contributed by atoms with Crippen molar-refractivity contribution in [3.8, 4) is 0 Å². The number of benzene rings is 1. The molecule has 0 bridgehead atoms. The molecule has 1 aliphatic heterocycles. The quantitative estimate of drug-likeness (QED) is 0.866. The molecule has 1 saturated heterocycles. The number of hydrogen-bond donors (Lipinski definition) is 2. The molecule has 1 aromatic carbocycles. The number of piperidine rings is 1. The molecule has 2 rings (SSSR count). The second-order valence-corrected chi connectivity index (χ2v) is 7.48. The predicted octanol–water partition coefficient (Wildman–Crippen LogP) is 1.56. The van der Waals surface area contributed by atoms with Crippen molar-refractivity contribution in [2.75, 3.05) is 19.6 Å². The maximum absolute atomic E-state index is 12.5. The highest BCUT2D eigenvalue weighted by molar-refractivity contribution is 7.87. The van der Waals surface area contributed by atoms with Crippen LogP contribution in [0.1, 0.15) is 36.9 Å². The van der Waals surface area contributed by atoms with Crippen LogP contribution in [0.2, 0.25) is 0 Å². The van der Waals surface area contributed by atoms with Gasteiger partial charge >= 0.3 is 0 Å². The summed E-state index contributed by atoms with van der Waals surface area (Å²) in [7, 11) is -3.44. The first kappa shape index (κ1) is 16.4. The minimum atomic E-state index is -3.44. The molecule has 1 aliphatic rings. The van der Waals surface area contributed by atoms with Gasteiger partial charge in [0.2, 0.25) is 0 Å². The highest BCUT2D eigenvalue weighted by Crippen LogP contribution is 2.21. The van der Waals surface area contributed by atoms with Crippen molar-refractivity contribution in [1.82, 2.24) is 9.03 Å². The van der Waals surface area contributed by atoms with Gasteiger partial charge in [-0.3, -0.25) is 0 Å². The van der Waals surface area contributed by atoms with Crippen molar-refractivity contribution in [3.63, 3.8) is 0 Å². The molecule has 21 heavy (non-hydrogen) atoms. The lowest BCUT2D eigenvalue weighted by Gasteiger charge is -2.31. The highest BCUT2D eigenvalue weighted by Gasteiger charge is 2.28. The molecule has 5 nitrogen and oxygen atoms in total. The van der Waals surface area contributed by atoms with Crippen molar-refractivity contribution in [1.29, 1.82) is 0 Å². The summed E-state index contributed by atoms with van der Waals surface area (Å²) in [6.07, 6.45) is 1.69. The van der Waals surface area contributed by atoms with Crippen LogP contribution in [0.25, 0.3) is 0 Å². The molecule has 0 saturated carbocycles. The van der Waals surface area contributed by atoms with Crippen LogP contribution in [-0.2, 0) is 10.2 Å². The molecule has 0 amide bonds. The molecule has 0 spiro atoms. The van der Waals surface area contributed by atoms with Crippen molar-refractivity contribution in [2.24, 2.45) is 11.7 Å². The maximum atomic E-state index is 12.5. The third kappa shape index (κ3) is 4.03. The van der Waals surface area contributed by atoms with Crippen molar-refractivity contribution in [2.45, 2.75) is 32.7 Å². The van der Waals surface area contributed by atoms with E-state index in [-0.39, 0.29) is 6.04 Å². The van der Waals surface area contributed by atoms with E-state index >= 15 is 0 Å². The van der Waals surface area contributed by atoms with E-state index in [1.807, 2.05) is 38.1 Å². The van der Waals surface area contributed by atoms with E-state index in [0.29, 0.717) is 25.6 Å². The first-order valence-corrected chi connectivity index (χ1v) is 8.91. The molecule has 3 N–H and O–H groups in total. The summed E-state index contributed by atoms with van der Waals surface area (Å²) in [4.78, 5) is 0. The van der Waals surface area contributed by atoms with Gasteiger partial charge < -0.3 is 5.73 Å². The number of nitrogens with two attached hydrogens (primary N) is 1. The fourth-order valence-electron chi connectivity index (χ4n) is 2.82. The van der Waals surface area contributed by atoms with Crippen molar-refractivity contribution in [3.05, 3.63) is 35.4 Å². The lowest BCUT2D eigenvalue weighted by Crippen LogP contribution is -2.46. The average Bonchev–Trinajstić information content (AvgIpc) is 2.47. The number of nitrogens with zero attached hydrogens (tertiary/aromatic N) is 1. The van der Waals surface area contributed by atoms with Crippen LogP contribution in [0.15, 0.2) is 24.3 Å². The Morgan fingerprint density at radius 1 is 1.33 bits per heavy atom. The first-order chi connectivity index (χ1) is 9.94. The van der Waals surface area contributed by atoms with Crippen LogP contribution in [0.5, 0.6) is 0 Å². The Kier molecular flexibility index (Phi) is 5.37.